The Morgan fingerprint density at radius 2 is 1.80 bits per heavy atom. The van der Waals surface area contributed by atoms with Crippen molar-refractivity contribution in [1.29, 1.82) is 0 Å². The van der Waals surface area contributed by atoms with Gasteiger partial charge in [-0.25, -0.2) is 0 Å². The summed E-state index contributed by atoms with van der Waals surface area (Å²) < 4.78 is 5.14. The van der Waals surface area contributed by atoms with Crippen LogP contribution in [0.25, 0.3) is 0 Å². The van der Waals surface area contributed by atoms with Crippen LogP contribution in [0.1, 0.15) is 23.4 Å². The number of piperidine rings is 1. The van der Waals surface area contributed by atoms with Crippen molar-refractivity contribution in [2.45, 2.75) is 18.9 Å². The number of amides is 2. The molecule has 2 N–H and O–H groups in total. The Kier molecular flexibility index (Phi) is 6.89. The highest BCUT2D eigenvalue weighted by Gasteiger charge is 2.25. The third-order valence-corrected chi connectivity index (χ3v) is 4.11. The zero-order valence-corrected chi connectivity index (χ0v) is 14.6. The van der Waals surface area contributed by atoms with Gasteiger partial charge in [-0.1, -0.05) is 18.2 Å². The number of hydrogen-bond acceptors (Lipinski definition) is 4. The molecule has 0 saturated carbocycles. The van der Waals surface area contributed by atoms with Gasteiger partial charge in [0.2, 0.25) is 5.91 Å². The molecule has 1 aliphatic heterocycles. The van der Waals surface area contributed by atoms with Crippen molar-refractivity contribution in [3.8, 4) is 0 Å². The summed E-state index contributed by atoms with van der Waals surface area (Å²) in [5, 5.41) is 6.11. The maximum absolute atomic E-state index is 12.2. The van der Waals surface area contributed by atoms with E-state index in [1.807, 2.05) is 30.3 Å². The lowest BCUT2D eigenvalue weighted by atomic mass is 10.0. The van der Waals surface area contributed by atoms with E-state index < -0.39 is 0 Å². The molecule has 2 amide bonds. The van der Waals surface area contributed by atoms with Crippen LogP contribution in [0.2, 0.25) is 0 Å². The van der Waals surface area contributed by atoms with Gasteiger partial charge in [-0.2, -0.15) is 0 Å². The van der Waals surface area contributed by atoms with E-state index in [2.05, 4.69) is 10.6 Å². The summed E-state index contributed by atoms with van der Waals surface area (Å²) in [5.74, 6) is 0.245. The van der Waals surface area contributed by atoms with E-state index >= 15 is 0 Å². The molecule has 1 aromatic carbocycles. The van der Waals surface area contributed by atoms with Crippen molar-refractivity contribution in [2.75, 3.05) is 25.0 Å². The lowest BCUT2D eigenvalue weighted by Crippen LogP contribution is -2.47. The second-order valence-corrected chi connectivity index (χ2v) is 5.83. The molecule has 0 aliphatic carbocycles. The van der Waals surface area contributed by atoms with Gasteiger partial charge in [0.1, 0.15) is 0 Å². The maximum Gasteiger partial charge on any atom is 0.289 e. The summed E-state index contributed by atoms with van der Waals surface area (Å²) in [5.41, 5.74) is 0.923. The van der Waals surface area contributed by atoms with Gasteiger partial charge in [0, 0.05) is 24.8 Å². The molecule has 3 rings (SSSR count). The Labute approximate surface area is 153 Å². The molecule has 1 saturated heterocycles. The van der Waals surface area contributed by atoms with Crippen LogP contribution in [0, 0.1) is 0 Å². The lowest BCUT2D eigenvalue weighted by molar-refractivity contribution is -0.120. The second-order valence-electron chi connectivity index (χ2n) is 5.83. The lowest BCUT2D eigenvalue weighted by Gasteiger charge is -2.31. The Morgan fingerprint density at radius 3 is 2.44 bits per heavy atom. The molecule has 0 unspecified atom stereocenters. The van der Waals surface area contributed by atoms with Crippen molar-refractivity contribution < 1.29 is 14.0 Å². The summed E-state index contributed by atoms with van der Waals surface area (Å²) >= 11 is 0. The number of likely N-dealkylation sites (tertiary alicyclic amines) is 1. The first kappa shape index (κ1) is 18.9. The molecule has 0 atom stereocenters. The number of furan rings is 1. The standard InChI is InChI=1S/C18H21N3O3.ClH/c22-17(13-19-14-5-2-1-3-6-14)20-15-8-10-21(11-9-15)18(23)16-7-4-12-24-16;/h1-7,12,15,19H,8-11,13H2,(H,20,22);1H. The zero-order valence-electron chi connectivity index (χ0n) is 13.8. The van der Waals surface area contributed by atoms with Gasteiger partial charge in [0.05, 0.1) is 12.8 Å². The first-order valence-electron chi connectivity index (χ1n) is 8.13. The number of carbonyl (C=O) groups excluding carboxylic acids is 2. The van der Waals surface area contributed by atoms with Crippen LogP contribution in [-0.2, 0) is 4.79 Å². The average Bonchev–Trinajstić information content (AvgIpc) is 3.16. The largest absolute Gasteiger partial charge is 0.459 e. The van der Waals surface area contributed by atoms with Crippen LogP contribution in [0.3, 0.4) is 0 Å². The number of anilines is 1. The smallest absolute Gasteiger partial charge is 0.289 e. The summed E-state index contributed by atoms with van der Waals surface area (Å²) in [7, 11) is 0. The highest BCUT2D eigenvalue weighted by molar-refractivity contribution is 5.91. The van der Waals surface area contributed by atoms with Crippen LogP contribution in [0.5, 0.6) is 0 Å². The first-order chi connectivity index (χ1) is 11.7. The average molecular weight is 364 g/mol. The first-order valence-corrected chi connectivity index (χ1v) is 8.13. The van der Waals surface area contributed by atoms with Crippen molar-refractivity contribution in [3.63, 3.8) is 0 Å². The number of benzene rings is 1. The minimum absolute atomic E-state index is 0. The molecule has 1 aromatic heterocycles. The SMILES string of the molecule is Cl.O=C(CNc1ccccc1)NC1CCN(C(=O)c2ccco2)CC1. The van der Waals surface area contributed by atoms with Crippen LogP contribution < -0.4 is 10.6 Å². The minimum Gasteiger partial charge on any atom is -0.459 e. The predicted molar refractivity (Wildman–Crippen MR) is 98.0 cm³/mol. The molecule has 0 bridgehead atoms. The summed E-state index contributed by atoms with van der Waals surface area (Å²) in [4.78, 5) is 26.0. The van der Waals surface area contributed by atoms with Gasteiger partial charge >= 0.3 is 0 Å². The molecule has 134 valence electrons. The molecule has 1 aliphatic rings. The molecule has 2 heterocycles. The fraction of sp³-hybridized carbons (Fsp3) is 0.333. The van der Waals surface area contributed by atoms with E-state index in [4.69, 9.17) is 4.42 Å². The van der Waals surface area contributed by atoms with E-state index in [0.717, 1.165) is 18.5 Å². The topological polar surface area (TPSA) is 74.6 Å². The molecule has 0 radical (unpaired) electrons. The molecule has 6 nitrogen and oxygen atoms in total. The molecular formula is C18H22ClN3O3. The van der Waals surface area contributed by atoms with E-state index in [-0.39, 0.29) is 36.8 Å². The van der Waals surface area contributed by atoms with E-state index in [0.29, 0.717) is 18.8 Å². The third-order valence-electron chi connectivity index (χ3n) is 4.11. The maximum atomic E-state index is 12.2. The van der Waals surface area contributed by atoms with Gasteiger partial charge < -0.3 is 20.0 Å². The van der Waals surface area contributed by atoms with Crippen molar-refractivity contribution in [3.05, 3.63) is 54.5 Å². The van der Waals surface area contributed by atoms with Crippen LogP contribution >= 0.6 is 12.4 Å². The highest BCUT2D eigenvalue weighted by Crippen LogP contribution is 2.14. The molecular weight excluding hydrogens is 342 g/mol. The number of para-hydroxylation sites is 1. The number of carbonyl (C=O) groups is 2. The Morgan fingerprint density at radius 1 is 1.08 bits per heavy atom. The Balaban J connectivity index is 0.00000225. The molecule has 1 fully saturated rings. The Bertz CT molecular complexity index is 668. The minimum atomic E-state index is -0.0875. The van der Waals surface area contributed by atoms with Gasteiger partial charge in [-0.05, 0) is 37.1 Å². The normalized spacial score (nSPS) is 14.5. The van der Waals surface area contributed by atoms with Crippen molar-refractivity contribution in [1.82, 2.24) is 10.2 Å². The number of hydrogen-bond donors (Lipinski definition) is 2. The van der Waals surface area contributed by atoms with Gasteiger partial charge in [0.25, 0.3) is 5.91 Å². The van der Waals surface area contributed by atoms with E-state index in [9.17, 15) is 9.59 Å². The quantitative estimate of drug-likeness (QED) is 0.856. The predicted octanol–water partition coefficient (Wildman–Crippen LogP) is 2.53. The third kappa shape index (κ3) is 5.26. The van der Waals surface area contributed by atoms with Crippen LogP contribution in [-0.4, -0.2) is 42.4 Å². The number of halogens is 1. The molecule has 2 aromatic rings. The second kappa shape index (κ2) is 9.13. The van der Waals surface area contributed by atoms with Crippen molar-refractivity contribution >= 4 is 29.9 Å². The Hall–Kier alpha value is -2.47. The molecule has 7 heteroatoms. The summed E-state index contributed by atoms with van der Waals surface area (Å²) in [6, 6.07) is 13.1. The van der Waals surface area contributed by atoms with Gasteiger partial charge in [-0.3, -0.25) is 9.59 Å². The monoisotopic (exact) mass is 363 g/mol. The number of nitrogens with zero attached hydrogens (tertiary/aromatic N) is 1. The fourth-order valence-electron chi connectivity index (χ4n) is 2.80. The summed E-state index contributed by atoms with van der Waals surface area (Å²) in [6.45, 7) is 1.49. The highest BCUT2D eigenvalue weighted by atomic mass is 35.5. The van der Waals surface area contributed by atoms with Crippen molar-refractivity contribution in [2.24, 2.45) is 0 Å². The van der Waals surface area contributed by atoms with E-state index in [1.54, 1.807) is 17.0 Å². The number of nitrogens with one attached hydrogen (secondary N) is 2. The zero-order chi connectivity index (χ0) is 16.8. The number of rotatable bonds is 5. The molecule has 0 spiro atoms. The van der Waals surface area contributed by atoms with Gasteiger partial charge in [0.15, 0.2) is 5.76 Å². The van der Waals surface area contributed by atoms with Gasteiger partial charge in [-0.15, -0.1) is 12.4 Å². The fourth-order valence-corrected chi connectivity index (χ4v) is 2.80. The van der Waals surface area contributed by atoms with Crippen LogP contribution in [0.15, 0.2) is 53.1 Å². The van der Waals surface area contributed by atoms with E-state index in [1.165, 1.54) is 6.26 Å². The van der Waals surface area contributed by atoms with Crippen LogP contribution in [0.4, 0.5) is 5.69 Å². The summed E-state index contributed by atoms with van der Waals surface area (Å²) in [6.07, 6.45) is 3.01. The molecule has 25 heavy (non-hydrogen) atoms.